The van der Waals surface area contributed by atoms with Crippen LogP contribution in [0.3, 0.4) is 0 Å². The molecule has 0 aromatic carbocycles. The van der Waals surface area contributed by atoms with E-state index in [0.29, 0.717) is 24.1 Å². The van der Waals surface area contributed by atoms with E-state index >= 15 is 0 Å². The number of nitrogens with two attached hydrogens (primary N) is 1. The zero-order valence-corrected chi connectivity index (χ0v) is 9.70. The normalized spacial score (nSPS) is 11.9. The predicted octanol–water partition coefficient (Wildman–Crippen LogP) is 0.577. The van der Waals surface area contributed by atoms with Gasteiger partial charge < -0.3 is 15.8 Å². The van der Waals surface area contributed by atoms with Crippen LogP contribution in [-0.4, -0.2) is 30.1 Å². The average Bonchev–Trinajstić information content (AvgIpc) is 2.26. The van der Waals surface area contributed by atoms with Gasteiger partial charge in [-0.1, -0.05) is 11.6 Å². The van der Waals surface area contributed by atoms with E-state index in [-0.39, 0.29) is 5.91 Å². The van der Waals surface area contributed by atoms with Crippen molar-refractivity contribution in [2.24, 2.45) is 5.73 Å². The summed E-state index contributed by atoms with van der Waals surface area (Å²) in [6, 6.07) is 2.88. The molecule has 5 nitrogen and oxygen atoms in total. The van der Waals surface area contributed by atoms with Crippen LogP contribution >= 0.6 is 11.6 Å². The van der Waals surface area contributed by atoms with Gasteiger partial charge >= 0.3 is 0 Å². The Bertz CT molecular complexity index is 358. The summed E-state index contributed by atoms with van der Waals surface area (Å²) in [7, 11) is 0. The molecule has 0 saturated heterocycles. The van der Waals surface area contributed by atoms with Crippen molar-refractivity contribution in [3.63, 3.8) is 0 Å². The van der Waals surface area contributed by atoms with E-state index in [9.17, 15) is 4.79 Å². The fraction of sp³-hybridized carbons (Fsp3) is 0.400. The molecule has 0 aliphatic heterocycles. The van der Waals surface area contributed by atoms with Crippen LogP contribution < -0.4 is 15.8 Å². The molecule has 0 aliphatic carbocycles. The molecule has 1 amide bonds. The van der Waals surface area contributed by atoms with Crippen molar-refractivity contribution in [1.82, 2.24) is 10.3 Å². The number of halogens is 1. The van der Waals surface area contributed by atoms with Gasteiger partial charge in [-0.2, -0.15) is 0 Å². The summed E-state index contributed by atoms with van der Waals surface area (Å²) in [5.41, 5.74) is 5.37. The number of pyridine rings is 1. The number of carbonyl (C=O) groups excluding carboxylic acids is 1. The first kappa shape index (κ1) is 12.7. The second-order valence-corrected chi connectivity index (χ2v) is 3.63. The zero-order chi connectivity index (χ0) is 12.0. The van der Waals surface area contributed by atoms with Crippen molar-refractivity contribution in [2.45, 2.75) is 13.0 Å². The smallest absolute Gasteiger partial charge is 0.236 e. The minimum atomic E-state index is -0.515. The predicted molar refractivity (Wildman–Crippen MR) is 61.4 cm³/mol. The summed E-state index contributed by atoms with van der Waals surface area (Å²) >= 11 is 5.82. The molecule has 88 valence electrons. The summed E-state index contributed by atoms with van der Waals surface area (Å²) in [5, 5.41) is 3.06. The van der Waals surface area contributed by atoms with Crippen molar-refractivity contribution < 1.29 is 9.53 Å². The number of rotatable bonds is 5. The van der Waals surface area contributed by atoms with Gasteiger partial charge in [0.15, 0.2) is 0 Å². The van der Waals surface area contributed by atoms with Crippen LogP contribution in [0.25, 0.3) is 0 Å². The summed E-state index contributed by atoms with van der Waals surface area (Å²) in [6.45, 7) is 2.29. The van der Waals surface area contributed by atoms with Gasteiger partial charge in [0, 0.05) is 6.20 Å². The van der Waals surface area contributed by atoms with Crippen LogP contribution in [0.2, 0.25) is 5.02 Å². The van der Waals surface area contributed by atoms with E-state index in [0.717, 1.165) is 0 Å². The van der Waals surface area contributed by atoms with Crippen molar-refractivity contribution in [1.29, 1.82) is 0 Å². The Morgan fingerprint density at radius 2 is 2.50 bits per heavy atom. The van der Waals surface area contributed by atoms with Gasteiger partial charge in [0.05, 0.1) is 12.6 Å². The van der Waals surface area contributed by atoms with Crippen molar-refractivity contribution >= 4 is 17.5 Å². The second-order valence-electron chi connectivity index (χ2n) is 3.22. The first-order valence-corrected chi connectivity index (χ1v) is 5.25. The van der Waals surface area contributed by atoms with E-state index in [1.807, 2.05) is 0 Å². The van der Waals surface area contributed by atoms with E-state index in [1.165, 1.54) is 0 Å². The third-order valence-electron chi connectivity index (χ3n) is 1.78. The Hall–Kier alpha value is -1.33. The number of hydrogen-bond acceptors (Lipinski definition) is 4. The molecule has 0 radical (unpaired) electrons. The Labute approximate surface area is 98.9 Å². The maximum Gasteiger partial charge on any atom is 0.236 e. The summed E-state index contributed by atoms with van der Waals surface area (Å²) in [5.74, 6) is 0.148. The monoisotopic (exact) mass is 243 g/mol. The standard InChI is InChI=1S/C10H14ClN3O2/c1-7(12)9(15)13-5-6-16-10-8(11)3-2-4-14-10/h2-4,7H,5-6,12H2,1H3,(H,13,15). The van der Waals surface area contributed by atoms with Crippen molar-refractivity contribution in [3.8, 4) is 5.88 Å². The van der Waals surface area contributed by atoms with Crippen LogP contribution in [-0.2, 0) is 4.79 Å². The minimum Gasteiger partial charge on any atom is -0.475 e. The molecule has 16 heavy (non-hydrogen) atoms. The minimum absolute atomic E-state index is 0.212. The summed E-state index contributed by atoms with van der Waals surface area (Å²) in [6.07, 6.45) is 1.59. The lowest BCUT2D eigenvalue weighted by molar-refractivity contribution is -0.122. The van der Waals surface area contributed by atoms with Gasteiger partial charge in [-0.3, -0.25) is 4.79 Å². The molecular formula is C10H14ClN3O2. The van der Waals surface area contributed by atoms with E-state index in [2.05, 4.69) is 10.3 Å². The molecule has 1 aromatic heterocycles. The van der Waals surface area contributed by atoms with E-state index in [1.54, 1.807) is 25.3 Å². The fourth-order valence-electron chi connectivity index (χ4n) is 0.960. The largest absolute Gasteiger partial charge is 0.475 e. The highest BCUT2D eigenvalue weighted by molar-refractivity contribution is 6.31. The highest BCUT2D eigenvalue weighted by atomic mass is 35.5. The third kappa shape index (κ3) is 4.04. The fourth-order valence-corrected chi connectivity index (χ4v) is 1.14. The lowest BCUT2D eigenvalue weighted by Crippen LogP contribution is -2.40. The molecule has 0 saturated carbocycles. The lowest BCUT2D eigenvalue weighted by atomic mass is 10.3. The maximum absolute atomic E-state index is 11.1. The number of amides is 1. The topological polar surface area (TPSA) is 77.2 Å². The van der Waals surface area contributed by atoms with Crippen LogP contribution in [0.15, 0.2) is 18.3 Å². The molecule has 1 aromatic rings. The van der Waals surface area contributed by atoms with Crippen molar-refractivity contribution in [3.05, 3.63) is 23.4 Å². The third-order valence-corrected chi connectivity index (χ3v) is 2.07. The molecule has 1 unspecified atom stereocenters. The van der Waals surface area contributed by atoms with Crippen LogP contribution in [0.4, 0.5) is 0 Å². The SMILES string of the molecule is CC(N)C(=O)NCCOc1ncccc1Cl. The molecule has 6 heteroatoms. The lowest BCUT2D eigenvalue weighted by Gasteiger charge is -2.09. The number of nitrogens with one attached hydrogen (secondary N) is 1. The number of aromatic nitrogens is 1. The van der Waals surface area contributed by atoms with Gasteiger partial charge in [0.1, 0.15) is 11.6 Å². The van der Waals surface area contributed by atoms with Gasteiger partial charge in [0.2, 0.25) is 11.8 Å². The Morgan fingerprint density at radius 1 is 1.75 bits per heavy atom. The number of ether oxygens (including phenoxy) is 1. The number of nitrogens with zero attached hydrogens (tertiary/aromatic N) is 1. The number of carbonyl (C=O) groups is 1. The molecule has 1 rings (SSSR count). The van der Waals surface area contributed by atoms with Crippen LogP contribution in [0.5, 0.6) is 5.88 Å². The summed E-state index contributed by atoms with van der Waals surface area (Å²) in [4.78, 5) is 15.0. The molecular weight excluding hydrogens is 230 g/mol. The van der Waals surface area contributed by atoms with Gasteiger partial charge in [-0.15, -0.1) is 0 Å². The molecule has 0 bridgehead atoms. The zero-order valence-electron chi connectivity index (χ0n) is 8.94. The Kier molecular flexibility index (Phi) is 5.01. The Morgan fingerprint density at radius 3 is 3.12 bits per heavy atom. The highest BCUT2D eigenvalue weighted by Gasteiger charge is 2.06. The van der Waals surface area contributed by atoms with Crippen LogP contribution in [0.1, 0.15) is 6.92 Å². The molecule has 0 spiro atoms. The van der Waals surface area contributed by atoms with Gasteiger partial charge in [-0.05, 0) is 19.1 Å². The molecule has 0 fully saturated rings. The summed E-state index contributed by atoms with van der Waals surface area (Å²) < 4.78 is 5.27. The number of hydrogen-bond donors (Lipinski definition) is 2. The second kappa shape index (κ2) is 6.30. The van der Waals surface area contributed by atoms with E-state index < -0.39 is 6.04 Å². The molecule has 1 heterocycles. The van der Waals surface area contributed by atoms with Gasteiger partial charge in [-0.25, -0.2) is 4.98 Å². The maximum atomic E-state index is 11.1. The van der Waals surface area contributed by atoms with E-state index in [4.69, 9.17) is 22.1 Å². The Balaban J connectivity index is 2.26. The molecule has 0 aliphatic rings. The van der Waals surface area contributed by atoms with Gasteiger partial charge in [0.25, 0.3) is 0 Å². The average molecular weight is 244 g/mol. The molecule has 3 N–H and O–H groups in total. The van der Waals surface area contributed by atoms with Crippen LogP contribution in [0, 0.1) is 0 Å². The first-order chi connectivity index (χ1) is 7.61. The quantitative estimate of drug-likeness (QED) is 0.742. The highest BCUT2D eigenvalue weighted by Crippen LogP contribution is 2.19. The molecule has 1 atom stereocenters. The first-order valence-electron chi connectivity index (χ1n) is 4.88. The van der Waals surface area contributed by atoms with Crippen molar-refractivity contribution in [2.75, 3.05) is 13.2 Å².